The summed E-state index contributed by atoms with van der Waals surface area (Å²) in [5, 5.41) is 2.68. The highest BCUT2D eigenvalue weighted by Gasteiger charge is 2.17. The molecule has 0 atom stereocenters. The molecular weight excluding hydrogens is 294 g/mol. The molecule has 0 fully saturated rings. The highest BCUT2D eigenvalue weighted by molar-refractivity contribution is 5.80. The Balaban J connectivity index is 4.13. The van der Waals surface area contributed by atoms with Crippen LogP contribution in [0.5, 0.6) is 0 Å². The summed E-state index contributed by atoms with van der Waals surface area (Å²) in [5.74, 6) is 0.205. The minimum atomic E-state index is -0.0746. The zero-order valence-electron chi connectivity index (χ0n) is 15.5. The molecule has 0 aromatic heterocycles. The van der Waals surface area contributed by atoms with Crippen LogP contribution in [-0.2, 0) is 14.4 Å². The van der Waals surface area contributed by atoms with Crippen LogP contribution in [0, 0.1) is 0 Å². The number of Topliss-reactive ketones (excluding diaryl/α,β-unsaturated/α-hetero) is 1. The Hall–Kier alpha value is -1.43. The van der Waals surface area contributed by atoms with Gasteiger partial charge in [-0.25, -0.2) is 0 Å². The molecule has 0 saturated carbocycles. The van der Waals surface area contributed by atoms with Gasteiger partial charge in [0.25, 0.3) is 0 Å². The van der Waals surface area contributed by atoms with Crippen molar-refractivity contribution in [1.29, 1.82) is 0 Å². The monoisotopic (exact) mass is 328 g/mol. The predicted octanol–water partition coefficient (Wildman–Crippen LogP) is 1.20. The third-order valence-electron chi connectivity index (χ3n) is 3.51. The van der Waals surface area contributed by atoms with E-state index in [0.29, 0.717) is 45.3 Å². The quantitative estimate of drug-likeness (QED) is 0.432. The van der Waals surface area contributed by atoms with Gasteiger partial charge in [0, 0.05) is 39.4 Å². The molecular formula is C17H34N3O3+. The highest BCUT2D eigenvalue weighted by atomic mass is 16.2. The van der Waals surface area contributed by atoms with Crippen molar-refractivity contribution < 1.29 is 18.9 Å². The Morgan fingerprint density at radius 2 is 1.65 bits per heavy atom. The third-order valence-corrected chi connectivity index (χ3v) is 3.51. The molecule has 0 aliphatic rings. The lowest BCUT2D eigenvalue weighted by molar-refractivity contribution is -0.869. The minimum absolute atomic E-state index is 0.0746. The maximum atomic E-state index is 12.3. The molecule has 0 unspecified atom stereocenters. The lowest BCUT2D eigenvalue weighted by Gasteiger charge is -2.26. The van der Waals surface area contributed by atoms with E-state index in [2.05, 4.69) is 26.5 Å². The molecule has 0 heterocycles. The lowest BCUT2D eigenvalue weighted by atomic mass is 10.1. The summed E-state index contributed by atoms with van der Waals surface area (Å²) >= 11 is 0. The van der Waals surface area contributed by atoms with Gasteiger partial charge in [-0.3, -0.25) is 14.4 Å². The zero-order chi connectivity index (χ0) is 17.9. The third kappa shape index (κ3) is 12.8. The molecule has 1 N–H and O–H groups in total. The van der Waals surface area contributed by atoms with Gasteiger partial charge >= 0.3 is 0 Å². The van der Waals surface area contributed by atoms with E-state index < -0.39 is 0 Å². The Morgan fingerprint density at radius 3 is 2.17 bits per heavy atom. The molecule has 0 saturated heterocycles. The van der Waals surface area contributed by atoms with Crippen LogP contribution in [-0.4, -0.2) is 74.3 Å². The van der Waals surface area contributed by atoms with E-state index in [0.717, 1.165) is 17.4 Å². The molecule has 0 aromatic carbocycles. The molecule has 134 valence electrons. The summed E-state index contributed by atoms with van der Waals surface area (Å²) in [5.41, 5.74) is 0. The summed E-state index contributed by atoms with van der Waals surface area (Å²) in [6.45, 7) is 6.03. The van der Waals surface area contributed by atoms with Gasteiger partial charge in [0.1, 0.15) is 5.78 Å². The van der Waals surface area contributed by atoms with E-state index in [1.807, 2.05) is 6.92 Å². The van der Waals surface area contributed by atoms with E-state index in [1.165, 1.54) is 6.92 Å². The second kappa shape index (κ2) is 11.2. The topological polar surface area (TPSA) is 66.5 Å². The Bertz CT molecular complexity index is 389. The number of hydrogen-bond donors (Lipinski definition) is 1. The number of carbonyl (C=O) groups excluding carboxylic acids is 3. The molecule has 6 nitrogen and oxygen atoms in total. The average molecular weight is 328 g/mol. The largest absolute Gasteiger partial charge is 0.356 e. The summed E-state index contributed by atoms with van der Waals surface area (Å²) < 4.78 is 0.758. The van der Waals surface area contributed by atoms with Crippen LogP contribution >= 0.6 is 0 Å². The van der Waals surface area contributed by atoms with E-state index in [-0.39, 0.29) is 17.6 Å². The van der Waals surface area contributed by atoms with Crippen LogP contribution in [0.3, 0.4) is 0 Å². The van der Waals surface area contributed by atoms with E-state index in [9.17, 15) is 14.4 Å². The molecule has 0 aliphatic carbocycles. The first kappa shape index (κ1) is 21.6. The van der Waals surface area contributed by atoms with Crippen molar-refractivity contribution in [1.82, 2.24) is 10.2 Å². The number of amides is 2. The van der Waals surface area contributed by atoms with Crippen molar-refractivity contribution in [2.45, 2.75) is 46.0 Å². The first-order chi connectivity index (χ1) is 10.7. The van der Waals surface area contributed by atoms with Crippen LogP contribution in [0.2, 0.25) is 0 Å². The van der Waals surface area contributed by atoms with Gasteiger partial charge in [0.15, 0.2) is 0 Å². The van der Waals surface area contributed by atoms with Crippen molar-refractivity contribution in [2.75, 3.05) is 47.3 Å². The van der Waals surface area contributed by atoms with Gasteiger partial charge in [-0.15, -0.1) is 0 Å². The SMILES string of the molecule is CCCN(CCC(=O)CCCNC(C)=O)C(=O)CC[N+](C)(C)C. The summed E-state index contributed by atoms with van der Waals surface area (Å²) in [6.07, 6.45) is 2.91. The fourth-order valence-electron chi connectivity index (χ4n) is 2.15. The molecule has 6 heteroatoms. The second-order valence-corrected chi connectivity index (χ2v) is 7.02. The molecule has 23 heavy (non-hydrogen) atoms. The van der Waals surface area contributed by atoms with Gasteiger partial charge in [-0.05, 0) is 12.8 Å². The van der Waals surface area contributed by atoms with Crippen LogP contribution in [0.25, 0.3) is 0 Å². The molecule has 0 radical (unpaired) electrons. The average Bonchev–Trinajstić information content (AvgIpc) is 2.44. The molecule has 0 aliphatic heterocycles. The van der Waals surface area contributed by atoms with Crippen molar-refractivity contribution in [3.63, 3.8) is 0 Å². The van der Waals surface area contributed by atoms with Crippen LogP contribution in [0.15, 0.2) is 0 Å². The standard InChI is InChI=1S/C17H33N3O3/c1-6-12-19(17(23)10-14-20(3,4)5)13-9-16(22)8-7-11-18-15(2)21/h6-14H2,1-5H3/p+1. The van der Waals surface area contributed by atoms with E-state index in [1.54, 1.807) is 4.90 Å². The van der Waals surface area contributed by atoms with E-state index in [4.69, 9.17) is 0 Å². The van der Waals surface area contributed by atoms with Crippen molar-refractivity contribution in [3.8, 4) is 0 Å². The van der Waals surface area contributed by atoms with Crippen LogP contribution in [0.4, 0.5) is 0 Å². The van der Waals surface area contributed by atoms with Crippen molar-refractivity contribution >= 4 is 17.6 Å². The number of carbonyl (C=O) groups is 3. The van der Waals surface area contributed by atoms with Gasteiger partial charge < -0.3 is 14.7 Å². The zero-order valence-corrected chi connectivity index (χ0v) is 15.5. The maximum Gasteiger partial charge on any atom is 0.228 e. The number of hydrogen-bond acceptors (Lipinski definition) is 3. The van der Waals surface area contributed by atoms with Crippen LogP contribution < -0.4 is 5.32 Å². The maximum absolute atomic E-state index is 12.3. The fraction of sp³-hybridized carbons (Fsp3) is 0.824. The summed E-state index contributed by atoms with van der Waals surface area (Å²) in [4.78, 5) is 36.7. The molecule has 0 rings (SSSR count). The highest BCUT2D eigenvalue weighted by Crippen LogP contribution is 2.04. The first-order valence-corrected chi connectivity index (χ1v) is 8.50. The smallest absolute Gasteiger partial charge is 0.228 e. The van der Waals surface area contributed by atoms with Gasteiger partial charge in [0.05, 0.1) is 34.1 Å². The number of nitrogens with zero attached hydrogens (tertiary/aromatic N) is 2. The molecule has 2 amide bonds. The fourth-order valence-corrected chi connectivity index (χ4v) is 2.15. The lowest BCUT2D eigenvalue weighted by Crippen LogP contribution is -2.40. The summed E-state index contributed by atoms with van der Waals surface area (Å²) in [7, 11) is 6.20. The Morgan fingerprint density at radius 1 is 1.00 bits per heavy atom. The normalized spacial score (nSPS) is 11.2. The van der Waals surface area contributed by atoms with E-state index >= 15 is 0 Å². The van der Waals surface area contributed by atoms with Crippen molar-refractivity contribution in [3.05, 3.63) is 0 Å². The number of ketones is 1. The number of nitrogens with one attached hydrogen (secondary N) is 1. The predicted molar refractivity (Wildman–Crippen MR) is 91.9 cm³/mol. The molecule has 0 spiro atoms. The molecule has 0 aromatic rings. The number of rotatable bonds is 12. The van der Waals surface area contributed by atoms with Crippen molar-refractivity contribution in [2.24, 2.45) is 0 Å². The van der Waals surface area contributed by atoms with Crippen LogP contribution in [0.1, 0.15) is 46.0 Å². The Labute approximate surface area is 140 Å². The Kier molecular flexibility index (Phi) is 10.5. The first-order valence-electron chi connectivity index (χ1n) is 8.50. The minimum Gasteiger partial charge on any atom is -0.356 e. The molecule has 0 bridgehead atoms. The van der Waals surface area contributed by atoms with Gasteiger partial charge in [-0.2, -0.15) is 0 Å². The van der Waals surface area contributed by atoms with Gasteiger partial charge in [0.2, 0.25) is 11.8 Å². The van der Waals surface area contributed by atoms with Gasteiger partial charge in [-0.1, -0.05) is 6.92 Å². The second-order valence-electron chi connectivity index (χ2n) is 7.02. The summed E-state index contributed by atoms with van der Waals surface area (Å²) in [6, 6.07) is 0. The number of quaternary nitrogens is 1.